The number of halogens is 1. The fourth-order valence-corrected chi connectivity index (χ4v) is 4.00. The summed E-state index contributed by atoms with van der Waals surface area (Å²) in [6, 6.07) is 10.7. The van der Waals surface area contributed by atoms with Crippen molar-refractivity contribution in [1.82, 2.24) is 10.0 Å². The average Bonchev–Trinajstić information content (AvgIpc) is 3.18. The molecule has 2 aromatic rings. The Morgan fingerprint density at radius 2 is 2.03 bits per heavy atom. The van der Waals surface area contributed by atoms with E-state index in [0.717, 1.165) is 18.9 Å². The van der Waals surface area contributed by atoms with Crippen molar-refractivity contribution in [2.45, 2.75) is 6.10 Å². The maximum Gasteiger partial charge on any atom is 0.414 e. The van der Waals surface area contributed by atoms with Crippen molar-refractivity contribution >= 4 is 41.0 Å². The maximum absolute atomic E-state index is 15.0. The smallest absolute Gasteiger partial charge is 0.414 e. The summed E-state index contributed by atoms with van der Waals surface area (Å²) in [5.41, 5.74) is 2.34. The van der Waals surface area contributed by atoms with E-state index >= 15 is 0 Å². The predicted octanol–water partition coefficient (Wildman–Crippen LogP) is 2.69. The first-order chi connectivity index (χ1) is 15.1. The Morgan fingerprint density at radius 1 is 1.26 bits per heavy atom. The highest BCUT2D eigenvalue weighted by atomic mass is 32.1. The topological polar surface area (TPSA) is 61.4 Å². The summed E-state index contributed by atoms with van der Waals surface area (Å²) in [7, 11) is 1.49. The van der Waals surface area contributed by atoms with Gasteiger partial charge < -0.3 is 14.5 Å². The average molecular weight is 446 g/mol. The fraction of sp³-hybridized carbons (Fsp3) is 0.381. The van der Waals surface area contributed by atoms with Crippen molar-refractivity contribution < 1.29 is 18.8 Å². The number of aromatic nitrogens is 1. The number of cyclic esters (lactones) is 1. The molecular weight excluding hydrogens is 421 g/mol. The van der Waals surface area contributed by atoms with Gasteiger partial charge in [-0.25, -0.2) is 19.2 Å². The van der Waals surface area contributed by atoms with Crippen molar-refractivity contribution in [1.29, 1.82) is 0 Å². The number of nitrogens with zero attached hydrogens (tertiary/aromatic N) is 5. The lowest BCUT2D eigenvalue weighted by molar-refractivity contribution is -0.0755. The first-order valence-electron chi connectivity index (χ1n) is 10.0. The Balaban J connectivity index is 1.40. The molecule has 2 aliphatic heterocycles. The molecule has 1 aromatic carbocycles. The Bertz CT molecular complexity index is 926. The Hall–Kier alpha value is -2.98. The van der Waals surface area contributed by atoms with Crippen LogP contribution in [0.4, 0.5) is 26.4 Å². The Kier molecular flexibility index (Phi) is 6.47. The third-order valence-corrected chi connectivity index (χ3v) is 5.68. The zero-order valence-corrected chi connectivity index (χ0v) is 18.0. The highest BCUT2D eigenvalue weighted by molar-refractivity contribution is 7.78. The zero-order valence-electron chi connectivity index (χ0n) is 17.2. The molecule has 2 fully saturated rings. The summed E-state index contributed by atoms with van der Waals surface area (Å²) >= 11 is 4.85. The van der Waals surface area contributed by atoms with Gasteiger partial charge in [-0.05, 0) is 30.3 Å². The molecule has 0 bridgehead atoms. The van der Waals surface area contributed by atoms with E-state index in [0.29, 0.717) is 37.6 Å². The second-order valence-corrected chi connectivity index (χ2v) is 7.51. The van der Waals surface area contributed by atoms with Crippen molar-refractivity contribution in [3.05, 3.63) is 48.4 Å². The van der Waals surface area contributed by atoms with Gasteiger partial charge in [0.2, 0.25) is 0 Å². The van der Waals surface area contributed by atoms with Gasteiger partial charge in [0.25, 0.3) is 0 Å². The van der Waals surface area contributed by atoms with Crippen molar-refractivity contribution in [3.8, 4) is 0 Å². The molecule has 2 aliphatic rings. The van der Waals surface area contributed by atoms with Crippen LogP contribution >= 0.6 is 12.2 Å². The molecule has 1 atom stereocenters. The van der Waals surface area contributed by atoms with Gasteiger partial charge in [0.05, 0.1) is 37.1 Å². The number of hydrogen-bond donors (Lipinski definition) is 0. The number of anilines is 3. The van der Waals surface area contributed by atoms with Crippen LogP contribution in [-0.4, -0.2) is 74.1 Å². The molecule has 164 valence electrons. The molecule has 1 aromatic heterocycles. The minimum absolute atomic E-state index is 0.295. The van der Waals surface area contributed by atoms with Crippen LogP contribution in [0, 0.1) is 5.82 Å². The highest BCUT2D eigenvalue weighted by Gasteiger charge is 2.34. The largest absolute Gasteiger partial charge is 0.442 e. The number of ether oxygens (including phenoxy) is 1. The molecule has 2 saturated heterocycles. The molecule has 0 unspecified atom stereocenters. The zero-order chi connectivity index (χ0) is 21.8. The van der Waals surface area contributed by atoms with Crippen LogP contribution in [0.15, 0.2) is 42.6 Å². The SMILES string of the molecule is CON(C=S)C[C@H]1CN(c2ccc(N3CCN(c4ccccn4)CC3)c(F)c2)C(=O)O1. The number of pyridine rings is 1. The summed E-state index contributed by atoms with van der Waals surface area (Å²) < 4.78 is 20.3. The number of carbonyl (C=O) groups excluding carboxylic acids is 1. The van der Waals surface area contributed by atoms with Gasteiger partial charge >= 0.3 is 6.09 Å². The second-order valence-electron chi connectivity index (χ2n) is 7.30. The van der Waals surface area contributed by atoms with Crippen LogP contribution < -0.4 is 14.7 Å². The van der Waals surface area contributed by atoms with Crippen molar-refractivity contribution in [3.63, 3.8) is 0 Å². The molecule has 10 heteroatoms. The van der Waals surface area contributed by atoms with E-state index in [1.165, 1.54) is 28.6 Å². The number of piperazine rings is 1. The highest BCUT2D eigenvalue weighted by Crippen LogP contribution is 2.29. The number of rotatable bonds is 7. The molecule has 3 heterocycles. The Labute approximate surface area is 185 Å². The molecule has 0 spiro atoms. The Morgan fingerprint density at radius 3 is 2.68 bits per heavy atom. The predicted molar refractivity (Wildman–Crippen MR) is 120 cm³/mol. The second kappa shape index (κ2) is 9.44. The molecule has 0 radical (unpaired) electrons. The van der Waals surface area contributed by atoms with Crippen LogP contribution in [0.25, 0.3) is 0 Å². The first-order valence-corrected chi connectivity index (χ1v) is 10.5. The van der Waals surface area contributed by atoms with Crippen molar-refractivity contribution in [2.75, 3.05) is 61.1 Å². The van der Waals surface area contributed by atoms with Crippen LogP contribution in [0.2, 0.25) is 0 Å². The summed E-state index contributed by atoms with van der Waals surface area (Å²) in [6.07, 6.45) is 0.839. The van der Waals surface area contributed by atoms with E-state index in [4.69, 9.17) is 21.8 Å². The molecule has 31 heavy (non-hydrogen) atoms. The fourth-order valence-electron chi connectivity index (χ4n) is 3.83. The quantitative estimate of drug-likeness (QED) is 0.476. The van der Waals surface area contributed by atoms with Gasteiger partial charge in [-0.3, -0.25) is 9.74 Å². The minimum Gasteiger partial charge on any atom is -0.442 e. The molecule has 4 rings (SSSR count). The van der Waals surface area contributed by atoms with Crippen molar-refractivity contribution in [2.24, 2.45) is 0 Å². The summed E-state index contributed by atoms with van der Waals surface area (Å²) in [6.45, 7) is 3.49. The molecule has 0 N–H and O–H groups in total. The summed E-state index contributed by atoms with van der Waals surface area (Å²) in [4.78, 5) is 27.3. The molecule has 1 amide bonds. The van der Waals surface area contributed by atoms with E-state index in [2.05, 4.69) is 9.88 Å². The van der Waals surface area contributed by atoms with Crippen LogP contribution in [0.1, 0.15) is 0 Å². The van der Waals surface area contributed by atoms with E-state index in [1.807, 2.05) is 23.1 Å². The monoisotopic (exact) mass is 445 g/mol. The number of benzene rings is 1. The van der Waals surface area contributed by atoms with Gasteiger partial charge in [0, 0.05) is 32.4 Å². The third-order valence-electron chi connectivity index (χ3n) is 5.45. The molecule has 0 aliphatic carbocycles. The van der Waals surface area contributed by atoms with Gasteiger partial charge in [-0.2, -0.15) is 0 Å². The number of hydrogen-bond acceptors (Lipinski definition) is 7. The number of carbonyl (C=O) groups is 1. The van der Waals surface area contributed by atoms with E-state index in [9.17, 15) is 9.18 Å². The number of thiocarbonyl (C=S) groups is 1. The van der Waals surface area contributed by atoms with Crippen LogP contribution in [0.3, 0.4) is 0 Å². The lowest BCUT2D eigenvalue weighted by Gasteiger charge is -2.37. The van der Waals surface area contributed by atoms with Gasteiger partial charge in [-0.15, -0.1) is 0 Å². The number of amides is 1. The standard InChI is InChI=1S/C21H24FN5O3S/c1-29-26(15-31)13-17-14-27(21(28)30-17)16-5-6-19(18(22)12-16)24-8-10-25(11-9-24)20-4-2-3-7-23-20/h2-7,12,15,17H,8-11,13-14H2,1H3/t17-/m0/s1. The van der Waals surface area contributed by atoms with E-state index in [1.54, 1.807) is 18.3 Å². The van der Waals surface area contributed by atoms with Gasteiger partial charge in [0.15, 0.2) is 0 Å². The lowest BCUT2D eigenvalue weighted by atomic mass is 10.2. The normalized spacial score (nSPS) is 18.8. The minimum atomic E-state index is -0.512. The van der Waals surface area contributed by atoms with Crippen LogP contribution in [-0.2, 0) is 9.57 Å². The summed E-state index contributed by atoms with van der Waals surface area (Å²) in [5, 5.41) is 1.41. The molecule has 0 saturated carbocycles. The van der Waals surface area contributed by atoms with E-state index in [-0.39, 0.29) is 5.82 Å². The number of hydroxylamine groups is 2. The first kappa shape index (κ1) is 21.3. The molecular formula is C21H24FN5O3S. The van der Waals surface area contributed by atoms with Crippen LogP contribution in [0.5, 0.6) is 0 Å². The maximum atomic E-state index is 15.0. The third kappa shape index (κ3) is 4.70. The molecule has 8 nitrogen and oxygen atoms in total. The van der Waals surface area contributed by atoms with Gasteiger partial charge in [-0.1, -0.05) is 18.3 Å². The summed E-state index contributed by atoms with van der Waals surface area (Å²) in [5.74, 6) is 0.568. The lowest BCUT2D eigenvalue weighted by Crippen LogP contribution is -2.47. The van der Waals surface area contributed by atoms with Gasteiger partial charge in [0.1, 0.15) is 17.7 Å². The van der Waals surface area contributed by atoms with E-state index < -0.39 is 12.2 Å².